The minimum atomic E-state index is -0.203. The summed E-state index contributed by atoms with van der Waals surface area (Å²) in [6, 6.07) is 8.63. The number of halogens is 1. The van der Waals surface area contributed by atoms with Crippen LogP contribution in [-0.4, -0.2) is 16.3 Å². The van der Waals surface area contributed by atoms with Crippen molar-refractivity contribution < 1.29 is 4.39 Å². The van der Waals surface area contributed by atoms with Gasteiger partial charge in [-0.1, -0.05) is 19.1 Å². The first-order valence-corrected chi connectivity index (χ1v) is 6.25. The predicted molar refractivity (Wildman–Crippen MR) is 69.7 cm³/mol. The lowest BCUT2D eigenvalue weighted by Gasteiger charge is -2.08. The summed E-state index contributed by atoms with van der Waals surface area (Å²) in [5, 5.41) is 7.61. The van der Waals surface area contributed by atoms with E-state index in [-0.39, 0.29) is 5.82 Å². The Bertz CT molecular complexity index is 493. The molecule has 2 rings (SSSR count). The molecule has 1 aromatic carbocycles. The van der Waals surface area contributed by atoms with Gasteiger partial charge in [0.2, 0.25) is 0 Å². The Balaban J connectivity index is 2.03. The molecule has 0 aliphatic heterocycles. The highest BCUT2D eigenvalue weighted by Crippen LogP contribution is 2.07. The van der Waals surface area contributed by atoms with Crippen molar-refractivity contribution in [3.8, 4) is 0 Å². The molecule has 0 fully saturated rings. The highest BCUT2D eigenvalue weighted by atomic mass is 19.1. The van der Waals surface area contributed by atoms with Gasteiger partial charge < -0.3 is 5.32 Å². The zero-order valence-corrected chi connectivity index (χ0v) is 10.6. The summed E-state index contributed by atoms with van der Waals surface area (Å²) in [7, 11) is 0. The molecule has 0 saturated heterocycles. The average Bonchev–Trinajstić information content (AvgIpc) is 2.77. The van der Waals surface area contributed by atoms with Crippen molar-refractivity contribution >= 4 is 0 Å². The van der Waals surface area contributed by atoms with E-state index in [1.54, 1.807) is 18.3 Å². The van der Waals surface area contributed by atoms with Crippen LogP contribution < -0.4 is 5.32 Å². The molecular formula is C14H18FN3. The van der Waals surface area contributed by atoms with E-state index in [0.29, 0.717) is 6.54 Å². The fraction of sp³-hybridized carbons (Fsp3) is 0.357. The average molecular weight is 247 g/mol. The molecule has 18 heavy (non-hydrogen) atoms. The van der Waals surface area contributed by atoms with E-state index in [4.69, 9.17) is 0 Å². The molecule has 3 nitrogen and oxygen atoms in total. The molecule has 1 aromatic heterocycles. The molecule has 1 N–H and O–H groups in total. The number of nitrogens with one attached hydrogen (secondary N) is 1. The first-order chi connectivity index (χ1) is 8.79. The zero-order valence-electron chi connectivity index (χ0n) is 10.6. The fourth-order valence-electron chi connectivity index (χ4n) is 1.85. The lowest BCUT2D eigenvalue weighted by molar-refractivity contribution is 0.586. The van der Waals surface area contributed by atoms with Crippen LogP contribution in [0.25, 0.3) is 0 Å². The van der Waals surface area contributed by atoms with Crippen LogP contribution in [0.2, 0.25) is 0 Å². The maximum atomic E-state index is 13.1. The van der Waals surface area contributed by atoms with E-state index in [1.165, 1.54) is 6.07 Å². The SMILES string of the molecule is CCCNCc1ccnn1Cc1cccc(F)c1. The first kappa shape index (κ1) is 12.8. The maximum Gasteiger partial charge on any atom is 0.123 e. The minimum Gasteiger partial charge on any atom is -0.311 e. The standard InChI is InChI=1S/C14H18FN3/c1-2-7-16-10-14-6-8-17-18(14)11-12-4-3-5-13(15)9-12/h3-6,8-9,16H,2,7,10-11H2,1H3. The molecule has 0 radical (unpaired) electrons. The normalized spacial score (nSPS) is 10.8. The molecule has 0 aliphatic carbocycles. The summed E-state index contributed by atoms with van der Waals surface area (Å²) in [6.07, 6.45) is 2.89. The van der Waals surface area contributed by atoms with Gasteiger partial charge in [-0.2, -0.15) is 5.10 Å². The van der Waals surface area contributed by atoms with Crippen LogP contribution in [0, 0.1) is 5.82 Å². The van der Waals surface area contributed by atoms with Gasteiger partial charge in [0.15, 0.2) is 0 Å². The molecule has 0 aliphatic rings. The van der Waals surface area contributed by atoms with Gasteiger partial charge in [0, 0.05) is 12.7 Å². The van der Waals surface area contributed by atoms with Crippen LogP contribution in [0.3, 0.4) is 0 Å². The number of aromatic nitrogens is 2. The first-order valence-electron chi connectivity index (χ1n) is 6.25. The minimum absolute atomic E-state index is 0.203. The highest BCUT2D eigenvalue weighted by Gasteiger charge is 2.03. The van der Waals surface area contributed by atoms with Gasteiger partial charge in [0.05, 0.1) is 12.2 Å². The Hall–Kier alpha value is -1.68. The molecule has 0 bridgehead atoms. The van der Waals surface area contributed by atoms with Gasteiger partial charge in [-0.3, -0.25) is 4.68 Å². The van der Waals surface area contributed by atoms with Crippen LogP contribution in [0.5, 0.6) is 0 Å². The molecule has 0 spiro atoms. The molecule has 0 atom stereocenters. The summed E-state index contributed by atoms with van der Waals surface area (Å²) in [5.74, 6) is -0.203. The molecule has 96 valence electrons. The molecular weight excluding hydrogens is 229 g/mol. The maximum absolute atomic E-state index is 13.1. The van der Waals surface area contributed by atoms with Crippen molar-refractivity contribution in [2.75, 3.05) is 6.54 Å². The Morgan fingerprint density at radius 2 is 2.22 bits per heavy atom. The highest BCUT2D eigenvalue weighted by molar-refractivity contribution is 5.17. The topological polar surface area (TPSA) is 29.9 Å². The van der Waals surface area contributed by atoms with E-state index in [2.05, 4.69) is 17.3 Å². The van der Waals surface area contributed by atoms with Crippen molar-refractivity contribution in [1.29, 1.82) is 0 Å². The molecule has 4 heteroatoms. The Morgan fingerprint density at radius 3 is 3.00 bits per heavy atom. The molecule has 0 saturated carbocycles. The number of rotatable bonds is 6. The van der Waals surface area contributed by atoms with Crippen LogP contribution in [-0.2, 0) is 13.1 Å². The van der Waals surface area contributed by atoms with Gasteiger partial charge in [-0.05, 0) is 36.7 Å². The van der Waals surface area contributed by atoms with E-state index < -0.39 is 0 Å². The van der Waals surface area contributed by atoms with Gasteiger partial charge in [-0.25, -0.2) is 4.39 Å². The second kappa shape index (κ2) is 6.31. The Morgan fingerprint density at radius 1 is 1.33 bits per heavy atom. The largest absolute Gasteiger partial charge is 0.311 e. The Kier molecular flexibility index (Phi) is 4.47. The molecule has 0 unspecified atom stereocenters. The van der Waals surface area contributed by atoms with E-state index in [0.717, 1.165) is 30.8 Å². The lowest BCUT2D eigenvalue weighted by Crippen LogP contribution is -2.17. The summed E-state index contributed by atoms with van der Waals surface area (Å²) >= 11 is 0. The van der Waals surface area contributed by atoms with Crippen LogP contribution >= 0.6 is 0 Å². The van der Waals surface area contributed by atoms with Crippen LogP contribution in [0.1, 0.15) is 24.6 Å². The van der Waals surface area contributed by atoms with Crippen molar-refractivity contribution in [3.63, 3.8) is 0 Å². The monoisotopic (exact) mass is 247 g/mol. The van der Waals surface area contributed by atoms with Gasteiger partial charge in [0.25, 0.3) is 0 Å². The molecule has 1 heterocycles. The number of hydrogen-bond donors (Lipinski definition) is 1. The quantitative estimate of drug-likeness (QED) is 0.795. The second-order valence-corrected chi connectivity index (χ2v) is 4.29. The fourth-order valence-corrected chi connectivity index (χ4v) is 1.85. The summed E-state index contributed by atoms with van der Waals surface area (Å²) in [6.45, 7) is 4.53. The van der Waals surface area contributed by atoms with E-state index in [9.17, 15) is 4.39 Å². The number of nitrogens with zero attached hydrogens (tertiary/aromatic N) is 2. The predicted octanol–water partition coefficient (Wildman–Crippen LogP) is 2.57. The number of hydrogen-bond acceptors (Lipinski definition) is 2. The van der Waals surface area contributed by atoms with Crippen molar-refractivity contribution in [1.82, 2.24) is 15.1 Å². The summed E-state index contributed by atoms with van der Waals surface area (Å²) in [5.41, 5.74) is 2.04. The smallest absolute Gasteiger partial charge is 0.123 e. The van der Waals surface area contributed by atoms with Gasteiger partial charge >= 0.3 is 0 Å². The van der Waals surface area contributed by atoms with Crippen molar-refractivity contribution in [2.45, 2.75) is 26.4 Å². The number of benzene rings is 1. The zero-order chi connectivity index (χ0) is 12.8. The third-order valence-electron chi connectivity index (χ3n) is 2.76. The van der Waals surface area contributed by atoms with Crippen molar-refractivity contribution in [2.24, 2.45) is 0 Å². The van der Waals surface area contributed by atoms with Crippen LogP contribution in [0.4, 0.5) is 4.39 Å². The second-order valence-electron chi connectivity index (χ2n) is 4.29. The third kappa shape index (κ3) is 3.40. The lowest BCUT2D eigenvalue weighted by atomic mass is 10.2. The van der Waals surface area contributed by atoms with Crippen molar-refractivity contribution in [3.05, 3.63) is 53.6 Å². The molecule has 0 amide bonds. The third-order valence-corrected chi connectivity index (χ3v) is 2.76. The van der Waals surface area contributed by atoms with Crippen LogP contribution in [0.15, 0.2) is 36.5 Å². The van der Waals surface area contributed by atoms with E-state index in [1.807, 2.05) is 16.8 Å². The van der Waals surface area contributed by atoms with Gasteiger partial charge in [0.1, 0.15) is 5.82 Å². The van der Waals surface area contributed by atoms with E-state index >= 15 is 0 Å². The summed E-state index contributed by atoms with van der Waals surface area (Å²) < 4.78 is 15.0. The molecule has 2 aromatic rings. The summed E-state index contributed by atoms with van der Waals surface area (Å²) in [4.78, 5) is 0. The Labute approximate surface area is 107 Å². The van der Waals surface area contributed by atoms with Gasteiger partial charge in [-0.15, -0.1) is 0 Å².